The van der Waals surface area contributed by atoms with E-state index in [9.17, 15) is 0 Å². The molecule has 0 aromatic heterocycles. The highest BCUT2D eigenvalue weighted by atomic mass is 16.5. The molecule has 0 bridgehead atoms. The first kappa shape index (κ1) is 21.0. The van der Waals surface area contributed by atoms with Crippen LogP contribution in [0.15, 0.2) is 24.3 Å². The van der Waals surface area contributed by atoms with Crippen molar-refractivity contribution in [3.63, 3.8) is 0 Å². The summed E-state index contributed by atoms with van der Waals surface area (Å²) < 4.78 is 6.18. The Morgan fingerprint density at radius 2 is 1.54 bits per heavy atom. The minimum Gasteiger partial charge on any atom is -0.360 e. The second-order valence-electron chi connectivity index (χ2n) is 6.82. The van der Waals surface area contributed by atoms with Gasteiger partial charge in [0.1, 0.15) is 6.23 Å². The number of aryl methyl sites for hydroxylation is 1. The molecule has 0 aliphatic heterocycles. The van der Waals surface area contributed by atoms with Gasteiger partial charge in [-0.15, -0.1) is 0 Å². The fourth-order valence-electron chi connectivity index (χ4n) is 3.03. The molecule has 1 unspecified atom stereocenters. The molecule has 0 radical (unpaired) electrons. The number of unbranched alkanes of at least 4 members (excludes halogenated alkanes) is 6. The van der Waals surface area contributed by atoms with Crippen LogP contribution in [0, 0.1) is 0 Å². The van der Waals surface area contributed by atoms with Crippen LogP contribution in [0.3, 0.4) is 0 Å². The van der Waals surface area contributed by atoms with E-state index in [-0.39, 0.29) is 6.23 Å². The number of hydrogen-bond donors (Lipinski definition) is 1. The van der Waals surface area contributed by atoms with E-state index in [4.69, 9.17) is 4.74 Å². The minimum atomic E-state index is 0.154. The zero-order valence-electron chi connectivity index (χ0n) is 16.3. The van der Waals surface area contributed by atoms with Crippen LogP contribution in [0.2, 0.25) is 0 Å². The summed E-state index contributed by atoms with van der Waals surface area (Å²) >= 11 is 0. The average molecular weight is 334 g/mol. The van der Waals surface area contributed by atoms with Gasteiger partial charge in [0.15, 0.2) is 0 Å². The predicted octanol–water partition coefficient (Wildman–Crippen LogP) is 6.94. The van der Waals surface area contributed by atoms with Crippen LogP contribution >= 0.6 is 0 Å². The SMILES string of the molecule is CCCCCCCC(Nc1ccccc1CCC)OCCCCC. The molecule has 2 nitrogen and oxygen atoms in total. The van der Waals surface area contributed by atoms with Gasteiger partial charge >= 0.3 is 0 Å². The largest absolute Gasteiger partial charge is 0.360 e. The number of ether oxygens (including phenoxy) is 1. The molecule has 0 spiro atoms. The molecule has 1 atom stereocenters. The molecule has 0 aliphatic carbocycles. The van der Waals surface area contributed by atoms with Crippen molar-refractivity contribution in [1.82, 2.24) is 0 Å². The molecule has 1 N–H and O–H groups in total. The molecule has 0 saturated carbocycles. The summed E-state index contributed by atoms with van der Waals surface area (Å²) in [5.74, 6) is 0. The number of rotatable bonds is 15. The molecule has 1 aromatic carbocycles. The van der Waals surface area contributed by atoms with Crippen LogP contribution in [-0.2, 0) is 11.2 Å². The highest BCUT2D eigenvalue weighted by molar-refractivity contribution is 5.51. The summed E-state index contributed by atoms with van der Waals surface area (Å²) in [6, 6.07) is 8.70. The first-order valence-corrected chi connectivity index (χ1v) is 10.3. The first-order chi connectivity index (χ1) is 11.8. The molecule has 138 valence electrons. The Bertz CT molecular complexity index is 405. The van der Waals surface area contributed by atoms with Crippen molar-refractivity contribution >= 4 is 5.69 Å². The van der Waals surface area contributed by atoms with Gasteiger partial charge in [-0.3, -0.25) is 0 Å². The monoisotopic (exact) mass is 333 g/mol. The van der Waals surface area contributed by atoms with E-state index in [1.165, 1.54) is 69.0 Å². The normalized spacial score (nSPS) is 12.3. The number of hydrogen-bond acceptors (Lipinski definition) is 2. The summed E-state index contributed by atoms with van der Waals surface area (Å²) in [5.41, 5.74) is 2.67. The molecule has 1 rings (SSSR count). The van der Waals surface area contributed by atoms with Gasteiger partial charge in [-0.25, -0.2) is 0 Å². The van der Waals surface area contributed by atoms with E-state index in [0.717, 1.165) is 19.4 Å². The molecular weight excluding hydrogens is 294 g/mol. The summed E-state index contributed by atoms with van der Waals surface area (Å²) in [7, 11) is 0. The Kier molecular flexibility index (Phi) is 12.6. The quantitative estimate of drug-likeness (QED) is 0.277. The Balaban J connectivity index is 2.52. The zero-order chi connectivity index (χ0) is 17.5. The lowest BCUT2D eigenvalue weighted by atomic mass is 10.1. The van der Waals surface area contributed by atoms with E-state index in [1.54, 1.807) is 0 Å². The maximum Gasteiger partial charge on any atom is 0.127 e. The van der Waals surface area contributed by atoms with Crippen LogP contribution in [0.25, 0.3) is 0 Å². The van der Waals surface area contributed by atoms with Crippen molar-refractivity contribution < 1.29 is 4.74 Å². The molecule has 0 saturated heterocycles. The van der Waals surface area contributed by atoms with Crippen LogP contribution in [0.4, 0.5) is 5.69 Å². The molecule has 1 aromatic rings. The standard InChI is InChI=1S/C22H39NO/c1-4-7-9-10-11-18-22(24-19-14-8-5-2)23-21-17-13-12-16-20(21)15-6-3/h12-13,16-17,22-23H,4-11,14-15,18-19H2,1-3H3. The fourth-order valence-corrected chi connectivity index (χ4v) is 3.03. The minimum absolute atomic E-state index is 0.154. The Morgan fingerprint density at radius 3 is 2.29 bits per heavy atom. The Hall–Kier alpha value is -1.02. The van der Waals surface area contributed by atoms with Gasteiger partial charge in [-0.1, -0.05) is 83.9 Å². The van der Waals surface area contributed by atoms with Crippen molar-refractivity contribution in [2.24, 2.45) is 0 Å². The van der Waals surface area contributed by atoms with Crippen LogP contribution < -0.4 is 5.32 Å². The Labute approximate surface area is 150 Å². The molecule has 0 heterocycles. The number of nitrogens with one attached hydrogen (secondary N) is 1. The summed E-state index contributed by atoms with van der Waals surface area (Å²) in [4.78, 5) is 0. The molecule has 0 fully saturated rings. The highest BCUT2D eigenvalue weighted by Crippen LogP contribution is 2.20. The molecule has 24 heavy (non-hydrogen) atoms. The van der Waals surface area contributed by atoms with Gasteiger partial charge in [0, 0.05) is 12.3 Å². The van der Waals surface area contributed by atoms with Crippen LogP contribution in [0.1, 0.15) is 90.5 Å². The van der Waals surface area contributed by atoms with E-state index in [0.29, 0.717) is 0 Å². The van der Waals surface area contributed by atoms with Crippen molar-refractivity contribution in [3.8, 4) is 0 Å². The van der Waals surface area contributed by atoms with Crippen molar-refractivity contribution in [2.45, 2.75) is 97.6 Å². The number of anilines is 1. The maximum absolute atomic E-state index is 6.18. The second-order valence-corrected chi connectivity index (χ2v) is 6.82. The average Bonchev–Trinajstić information content (AvgIpc) is 2.60. The van der Waals surface area contributed by atoms with E-state index < -0.39 is 0 Å². The summed E-state index contributed by atoms with van der Waals surface area (Å²) in [6.45, 7) is 7.62. The van der Waals surface area contributed by atoms with Crippen LogP contribution in [0.5, 0.6) is 0 Å². The van der Waals surface area contributed by atoms with Gasteiger partial charge < -0.3 is 10.1 Å². The molecule has 0 aliphatic rings. The summed E-state index contributed by atoms with van der Waals surface area (Å²) in [6.07, 6.45) is 13.8. The topological polar surface area (TPSA) is 21.3 Å². The lowest BCUT2D eigenvalue weighted by Gasteiger charge is -2.22. The van der Waals surface area contributed by atoms with Crippen molar-refractivity contribution in [3.05, 3.63) is 29.8 Å². The van der Waals surface area contributed by atoms with Gasteiger partial charge in [0.25, 0.3) is 0 Å². The number of benzene rings is 1. The third-order valence-corrected chi connectivity index (χ3v) is 4.49. The maximum atomic E-state index is 6.18. The Morgan fingerprint density at radius 1 is 0.833 bits per heavy atom. The van der Waals surface area contributed by atoms with Gasteiger partial charge in [-0.2, -0.15) is 0 Å². The second kappa shape index (κ2) is 14.3. The summed E-state index contributed by atoms with van der Waals surface area (Å²) in [5, 5.41) is 3.68. The van der Waals surface area contributed by atoms with E-state index >= 15 is 0 Å². The smallest absolute Gasteiger partial charge is 0.127 e. The van der Waals surface area contributed by atoms with Crippen molar-refractivity contribution in [2.75, 3.05) is 11.9 Å². The fraction of sp³-hybridized carbons (Fsp3) is 0.727. The highest BCUT2D eigenvalue weighted by Gasteiger charge is 2.11. The molecule has 0 amide bonds. The third kappa shape index (κ3) is 9.32. The molecule has 2 heteroatoms. The predicted molar refractivity (Wildman–Crippen MR) is 107 cm³/mol. The molecular formula is C22H39NO. The van der Waals surface area contributed by atoms with E-state index in [2.05, 4.69) is 50.4 Å². The third-order valence-electron chi connectivity index (χ3n) is 4.49. The first-order valence-electron chi connectivity index (χ1n) is 10.3. The number of para-hydroxylation sites is 1. The lowest BCUT2D eigenvalue weighted by Crippen LogP contribution is -2.24. The van der Waals surface area contributed by atoms with Crippen molar-refractivity contribution in [1.29, 1.82) is 0 Å². The van der Waals surface area contributed by atoms with Crippen LogP contribution in [-0.4, -0.2) is 12.8 Å². The van der Waals surface area contributed by atoms with Gasteiger partial charge in [0.2, 0.25) is 0 Å². The zero-order valence-corrected chi connectivity index (χ0v) is 16.3. The van der Waals surface area contributed by atoms with Gasteiger partial charge in [0.05, 0.1) is 0 Å². The van der Waals surface area contributed by atoms with E-state index in [1.807, 2.05) is 0 Å². The lowest BCUT2D eigenvalue weighted by molar-refractivity contribution is 0.0619. The van der Waals surface area contributed by atoms with Gasteiger partial charge in [-0.05, 0) is 37.3 Å².